The summed E-state index contributed by atoms with van der Waals surface area (Å²) in [6, 6.07) is -2.33. The first kappa shape index (κ1) is 47.4. The SMILES string of the molecule is CC[C@H](C)[C@H](CC(=O)[C@H](CC(N)=O)NC(=O)C(CCCN=C(N)N)CC(=O)[C@@H](C)CC(C)C)C(=O)N[C@H](C(=O)C[C@@H](Cc1cnc[nH]1)C(N)=O)[C@@H](C)CC. The van der Waals surface area contributed by atoms with E-state index < -0.39 is 65.7 Å². The predicted molar refractivity (Wildman–Crippen MR) is 206 cm³/mol. The number of nitrogens with zero attached hydrogens (tertiary/aromatic N) is 2. The summed E-state index contributed by atoms with van der Waals surface area (Å²) in [5.74, 6) is -7.12. The zero-order valence-corrected chi connectivity index (χ0v) is 33.2. The fourth-order valence-corrected chi connectivity index (χ4v) is 6.43. The van der Waals surface area contributed by atoms with Crippen molar-refractivity contribution in [2.75, 3.05) is 6.54 Å². The number of ketones is 3. The number of hydrogen-bond donors (Lipinski definition) is 7. The summed E-state index contributed by atoms with van der Waals surface area (Å²) in [7, 11) is 0. The van der Waals surface area contributed by atoms with Crippen LogP contribution in [0.2, 0.25) is 0 Å². The zero-order valence-electron chi connectivity index (χ0n) is 33.2. The van der Waals surface area contributed by atoms with Crippen LogP contribution in [0, 0.1) is 41.4 Å². The van der Waals surface area contributed by atoms with Crippen LogP contribution in [0.25, 0.3) is 0 Å². The Hall–Kier alpha value is -4.63. The molecule has 4 amide bonds. The molecule has 16 nitrogen and oxygen atoms in total. The Morgan fingerprint density at radius 1 is 0.778 bits per heavy atom. The molecule has 8 atom stereocenters. The van der Waals surface area contributed by atoms with Gasteiger partial charge in [0.1, 0.15) is 5.78 Å². The first-order chi connectivity index (χ1) is 25.3. The van der Waals surface area contributed by atoms with Crippen molar-refractivity contribution in [2.24, 2.45) is 69.4 Å². The Balaban J connectivity index is 3.29. The average Bonchev–Trinajstić information content (AvgIpc) is 3.61. The highest BCUT2D eigenvalue weighted by Crippen LogP contribution is 2.25. The number of nitrogens with one attached hydrogen (secondary N) is 3. The van der Waals surface area contributed by atoms with Crippen molar-refractivity contribution in [3.8, 4) is 0 Å². The van der Waals surface area contributed by atoms with E-state index in [2.05, 4.69) is 25.6 Å². The molecule has 304 valence electrons. The molecule has 1 rings (SSSR count). The quantitative estimate of drug-likeness (QED) is 0.0370. The van der Waals surface area contributed by atoms with Crippen LogP contribution in [0.5, 0.6) is 0 Å². The number of aromatic amines is 1. The first-order valence-corrected chi connectivity index (χ1v) is 19.1. The number of carbonyl (C=O) groups excluding carboxylic acids is 7. The summed E-state index contributed by atoms with van der Waals surface area (Å²) >= 11 is 0. The molecule has 1 aromatic heterocycles. The second kappa shape index (κ2) is 23.9. The largest absolute Gasteiger partial charge is 0.370 e. The fourth-order valence-electron chi connectivity index (χ4n) is 6.43. The molecule has 11 N–H and O–H groups in total. The maximum Gasteiger partial charge on any atom is 0.224 e. The van der Waals surface area contributed by atoms with E-state index in [-0.39, 0.29) is 79.8 Å². The lowest BCUT2D eigenvalue weighted by molar-refractivity contribution is -0.137. The van der Waals surface area contributed by atoms with Crippen molar-refractivity contribution in [1.82, 2.24) is 20.6 Å². The van der Waals surface area contributed by atoms with E-state index in [1.54, 1.807) is 20.0 Å². The minimum absolute atomic E-state index is 0.0829. The van der Waals surface area contributed by atoms with Gasteiger partial charge in [-0.1, -0.05) is 61.3 Å². The molecule has 1 unspecified atom stereocenters. The predicted octanol–water partition coefficient (Wildman–Crippen LogP) is 1.84. The number of rotatable bonds is 28. The van der Waals surface area contributed by atoms with Crippen LogP contribution in [0.4, 0.5) is 0 Å². The summed E-state index contributed by atoms with van der Waals surface area (Å²) in [5.41, 5.74) is 22.7. The third-order valence-electron chi connectivity index (χ3n) is 10.1. The van der Waals surface area contributed by atoms with Crippen molar-refractivity contribution in [3.63, 3.8) is 0 Å². The van der Waals surface area contributed by atoms with Crippen LogP contribution < -0.4 is 33.6 Å². The smallest absolute Gasteiger partial charge is 0.224 e. The van der Waals surface area contributed by atoms with Gasteiger partial charge in [0.05, 0.1) is 30.7 Å². The average molecular weight is 760 g/mol. The molecule has 0 aromatic carbocycles. The van der Waals surface area contributed by atoms with Gasteiger partial charge < -0.3 is 38.6 Å². The molecule has 0 aliphatic carbocycles. The number of hydrogen-bond acceptors (Lipinski definition) is 9. The van der Waals surface area contributed by atoms with Crippen molar-refractivity contribution in [1.29, 1.82) is 0 Å². The molecular weight excluding hydrogens is 694 g/mol. The van der Waals surface area contributed by atoms with E-state index in [0.717, 1.165) is 0 Å². The third-order valence-corrected chi connectivity index (χ3v) is 10.1. The van der Waals surface area contributed by atoms with Crippen molar-refractivity contribution < 1.29 is 33.6 Å². The molecule has 0 aliphatic rings. The number of guanidine groups is 1. The van der Waals surface area contributed by atoms with Crippen LogP contribution in [-0.4, -0.2) is 75.5 Å². The Labute approximate surface area is 319 Å². The Kier molecular flexibility index (Phi) is 21.0. The number of primary amides is 2. The highest BCUT2D eigenvalue weighted by atomic mass is 16.2. The van der Waals surface area contributed by atoms with E-state index in [0.29, 0.717) is 31.4 Å². The number of carbonyl (C=O) groups is 7. The van der Waals surface area contributed by atoms with E-state index in [1.807, 2.05) is 34.6 Å². The second-order valence-corrected chi connectivity index (χ2v) is 15.2. The first-order valence-electron chi connectivity index (χ1n) is 19.1. The minimum atomic E-state index is -1.36. The molecule has 0 spiro atoms. The third kappa shape index (κ3) is 17.0. The Bertz CT molecular complexity index is 1430. The Morgan fingerprint density at radius 2 is 1.41 bits per heavy atom. The summed E-state index contributed by atoms with van der Waals surface area (Å²) in [4.78, 5) is 104. The molecule has 0 radical (unpaired) electrons. The van der Waals surface area contributed by atoms with Gasteiger partial charge in [0.25, 0.3) is 0 Å². The molecule has 0 bridgehead atoms. The van der Waals surface area contributed by atoms with Crippen molar-refractivity contribution in [2.45, 2.75) is 125 Å². The molecule has 0 saturated heterocycles. The fraction of sp³-hybridized carbons (Fsp3) is 0.711. The van der Waals surface area contributed by atoms with Gasteiger partial charge in [-0.3, -0.25) is 38.6 Å². The number of amides is 4. The molecule has 0 aliphatic heterocycles. The van der Waals surface area contributed by atoms with E-state index in [1.165, 1.54) is 6.33 Å². The highest BCUT2D eigenvalue weighted by Gasteiger charge is 2.36. The van der Waals surface area contributed by atoms with Gasteiger partial charge in [-0.15, -0.1) is 0 Å². The lowest BCUT2D eigenvalue weighted by Crippen LogP contribution is -2.51. The van der Waals surface area contributed by atoms with Gasteiger partial charge >= 0.3 is 0 Å². The monoisotopic (exact) mass is 760 g/mol. The molecular formula is C38H65N9O7. The Morgan fingerprint density at radius 3 is 1.93 bits per heavy atom. The molecule has 54 heavy (non-hydrogen) atoms. The maximum absolute atomic E-state index is 14.0. The van der Waals surface area contributed by atoms with Gasteiger partial charge in [-0.2, -0.15) is 0 Å². The number of H-pyrrole nitrogens is 1. The minimum Gasteiger partial charge on any atom is -0.370 e. The number of nitrogens with two attached hydrogens (primary N) is 4. The highest BCUT2D eigenvalue weighted by molar-refractivity contribution is 5.98. The van der Waals surface area contributed by atoms with E-state index >= 15 is 0 Å². The molecule has 1 aromatic rings. The molecule has 0 saturated carbocycles. The normalized spacial score (nSPS) is 15.8. The van der Waals surface area contributed by atoms with Gasteiger partial charge in [0.15, 0.2) is 17.5 Å². The van der Waals surface area contributed by atoms with Crippen molar-refractivity contribution >= 4 is 46.9 Å². The molecule has 0 fully saturated rings. The number of imidazole rings is 1. The standard InChI is InChI=1S/C38H65N9O7/c1-8-22(5)28(37(54)47-34(23(6)9-2)32(50)16-26(35(40)52)14-27-19-43-20-45-27)17-31(49)29(18-33(39)51)46-36(53)25(11-10-12-44-38(41)42)15-30(48)24(7)13-21(3)4/h19-26,28-29,34H,8-18H2,1-7H3,(H2,39,51)(H2,40,52)(H,43,45)(H,46,53)(H,47,54)(H4,41,42,44)/t22-,23-,24-,25?,26+,28-,29-,34-/m0/s1. The summed E-state index contributed by atoms with van der Waals surface area (Å²) in [5, 5.41) is 5.51. The number of aliphatic imine (C=N–C) groups is 1. The number of Topliss-reactive ketones (excluding diaryl/α,β-unsaturated/α-hetero) is 3. The van der Waals surface area contributed by atoms with Gasteiger partial charge in [0, 0.05) is 61.9 Å². The lowest BCUT2D eigenvalue weighted by Gasteiger charge is -2.29. The van der Waals surface area contributed by atoms with Crippen LogP contribution in [-0.2, 0) is 40.0 Å². The number of aromatic nitrogens is 2. The zero-order chi connectivity index (χ0) is 41.1. The lowest BCUT2D eigenvalue weighted by atomic mass is 9.83. The summed E-state index contributed by atoms with van der Waals surface area (Å²) in [6.07, 6.45) is 4.29. The van der Waals surface area contributed by atoms with Crippen LogP contribution in [0.3, 0.4) is 0 Å². The van der Waals surface area contributed by atoms with Crippen LogP contribution in [0.15, 0.2) is 17.5 Å². The van der Waals surface area contributed by atoms with Gasteiger partial charge in [0.2, 0.25) is 23.6 Å². The maximum atomic E-state index is 14.0. The summed E-state index contributed by atoms with van der Waals surface area (Å²) < 4.78 is 0. The van der Waals surface area contributed by atoms with E-state index in [4.69, 9.17) is 22.9 Å². The second-order valence-electron chi connectivity index (χ2n) is 15.2. The van der Waals surface area contributed by atoms with Gasteiger partial charge in [-0.05, 0) is 37.0 Å². The van der Waals surface area contributed by atoms with E-state index in [9.17, 15) is 33.6 Å². The topological polar surface area (TPSA) is 289 Å². The van der Waals surface area contributed by atoms with Gasteiger partial charge in [-0.25, -0.2) is 4.98 Å². The van der Waals surface area contributed by atoms with Crippen LogP contribution >= 0.6 is 0 Å². The van der Waals surface area contributed by atoms with Crippen LogP contribution in [0.1, 0.15) is 112 Å². The molecule has 1 heterocycles. The molecule has 16 heteroatoms. The summed E-state index contributed by atoms with van der Waals surface area (Å²) in [6.45, 7) is 13.4. The van der Waals surface area contributed by atoms with Crippen molar-refractivity contribution in [3.05, 3.63) is 18.2 Å².